The van der Waals surface area contributed by atoms with E-state index in [1.54, 1.807) is 0 Å². The Morgan fingerprint density at radius 2 is 1.96 bits per heavy atom. The lowest BCUT2D eigenvalue weighted by molar-refractivity contribution is -0.114. The van der Waals surface area contributed by atoms with Crippen LogP contribution in [0.25, 0.3) is 6.08 Å². The highest BCUT2D eigenvalue weighted by Gasteiger charge is 2.28. The van der Waals surface area contributed by atoms with E-state index in [0.29, 0.717) is 17.9 Å². The molecular formula is C21H21BrN2O2. The third-order valence-corrected chi connectivity index (χ3v) is 4.58. The number of amides is 1. The second kappa shape index (κ2) is 8.32. The normalized spacial score (nSPS) is 15.5. The summed E-state index contributed by atoms with van der Waals surface area (Å²) in [6.45, 7) is 4.64. The fraction of sp³-hybridized carbons (Fsp3) is 0.238. The maximum absolute atomic E-state index is 12.9. The molecule has 0 unspecified atom stereocenters. The van der Waals surface area contributed by atoms with Crippen molar-refractivity contribution in [2.75, 3.05) is 11.6 Å². The zero-order chi connectivity index (χ0) is 18.5. The molecule has 1 aliphatic rings. The van der Waals surface area contributed by atoms with Crippen LogP contribution >= 0.6 is 15.9 Å². The van der Waals surface area contributed by atoms with Crippen molar-refractivity contribution in [3.63, 3.8) is 0 Å². The molecule has 0 atom stereocenters. The molecule has 2 aromatic carbocycles. The Labute approximate surface area is 162 Å². The van der Waals surface area contributed by atoms with Crippen molar-refractivity contribution in [2.24, 2.45) is 5.10 Å². The Kier molecular flexibility index (Phi) is 5.89. The van der Waals surface area contributed by atoms with Crippen LogP contribution in [0.15, 0.2) is 63.7 Å². The van der Waals surface area contributed by atoms with Crippen molar-refractivity contribution >= 4 is 39.3 Å². The van der Waals surface area contributed by atoms with Crippen molar-refractivity contribution in [3.8, 4) is 5.75 Å². The number of anilines is 1. The molecule has 0 aliphatic carbocycles. The van der Waals surface area contributed by atoms with Gasteiger partial charge in [0, 0.05) is 10.0 Å². The molecule has 0 spiro atoms. The van der Waals surface area contributed by atoms with E-state index < -0.39 is 0 Å². The van der Waals surface area contributed by atoms with Gasteiger partial charge in [-0.25, -0.2) is 0 Å². The molecule has 0 fully saturated rings. The van der Waals surface area contributed by atoms with Gasteiger partial charge in [0.1, 0.15) is 5.75 Å². The smallest absolute Gasteiger partial charge is 0.280 e. The quantitative estimate of drug-likeness (QED) is 0.468. The SMILES string of the molecule is CCCCOc1ccc(Br)cc1/C=C1\C(=O)N(c2ccccc2)N=C1C. The maximum atomic E-state index is 12.9. The molecule has 2 aromatic rings. The van der Waals surface area contributed by atoms with E-state index in [2.05, 4.69) is 28.0 Å². The van der Waals surface area contributed by atoms with Crippen molar-refractivity contribution in [3.05, 3.63) is 64.1 Å². The topological polar surface area (TPSA) is 41.9 Å². The number of unbranched alkanes of at least 4 members (excludes halogenated alkanes) is 1. The third kappa shape index (κ3) is 4.05. The molecular weight excluding hydrogens is 392 g/mol. The minimum absolute atomic E-state index is 0.131. The molecule has 1 amide bonds. The zero-order valence-corrected chi connectivity index (χ0v) is 16.5. The number of benzene rings is 2. The van der Waals surface area contributed by atoms with Crippen LogP contribution in [0.2, 0.25) is 0 Å². The molecule has 0 N–H and O–H groups in total. The largest absolute Gasteiger partial charge is 0.493 e. The number of hydrogen-bond donors (Lipinski definition) is 0. The van der Waals surface area contributed by atoms with Crippen LogP contribution in [0, 0.1) is 0 Å². The molecule has 134 valence electrons. The number of hydrogen-bond acceptors (Lipinski definition) is 3. The minimum atomic E-state index is -0.131. The summed E-state index contributed by atoms with van der Waals surface area (Å²) in [5, 5.41) is 5.87. The first-order chi connectivity index (χ1) is 12.6. The van der Waals surface area contributed by atoms with Crippen molar-refractivity contribution in [2.45, 2.75) is 26.7 Å². The van der Waals surface area contributed by atoms with E-state index in [0.717, 1.165) is 34.3 Å². The molecule has 26 heavy (non-hydrogen) atoms. The van der Waals surface area contributed by atoms with E-state index in [-0.39, 0.29) is 5.91 Å². The summed E-state index contributed by atoms with van der Waals surface area (Å²) in [6, 6.07) is 15.3. The Morgan fingerprint density at radius 1 is 1.19 bits per heavy atom. The number of para-hydroxylation sites is 1. The Balaban J connectivity index is 1.91. The first-order valence-electron chi connectivity index (χ1n) is 8.69. The molecule has 0 bridgehead atoms. The fourth-order valence-electron chi connectivity index (χ4n) is 2.67. The van der Waals surface area contributed by atoms with Crippen LogP contribution in [-0.4, -0.2) is 18.2 Å². The molecule has 4 nitrogen and oxygen atoms in total. The van der Waals surface area contributed by atoms with Crippen LogP contribution in [0.5, 0.6) is 5.75 Å². The average molecular weight is 413 g/mol. The van der Waals surface area contributed by atoms with Gasteiger partial charge in [-0.3, -0.25) is 4.79 Å². The lowest BCUT2D eigenvalue weighted by Crippen LogP contribution is -2.21. The van der Waals surface area contributed by atoms with Gasteiger partial charge >= 0.3 is 0 Å². The minimum Gasteiger partial charge on any atom is -0.493 e. The van der Waals surface area contributed by atoms with Gasteiger partial charge in [0.25, 0.3) is 5.91 Å². The predicted molar refractivity (Wildman–Crippen MR) is 110 cm³/mol. The summed E-state index contributed by atoms with van der Waals surface area (Å²) in [6.07, 6.45) is 3.92. The molecule has 1 heterocycles. The summed E-state index contributed by atoms with van der Waals surface area (Å²) in [5.74, 6) is 0.640. The fourth-order valence-corrected chi connectivity index (χ4v) is 3.05. The van der Waals surface area contributed by atoms with Crippen molar-refractivity contribution < 1.29 is 9.53 Å². The number of halogens is 1. The molecule has 0 aromatic heterocycles. The van der Waals surface area contributed by atoms with Crippen LogP contribution < -0.4 is 9.75 Å². The van der Waals surface area contributed by atoms with Crippen molar-refractivity contribution in [1.29, 1.82) is 0 Å². The van der Waals surface area contributed by atoms with Gasteiger partial charge in [-0.1, -0.05) is 47.5 Å². The number of ether oxygens (including phenoxy) is 1. The molecule has 3 rings (SSSR count). The summed E-state index contributed by atoms with van der Waals surface area (Å²) in [4.78, 5) is 12.9. The summed E-state index contributed by atoms with van der Waals surface area (Å²) in [7, 11) is 0. The average Bonchev–Trinajstić information content (AvgIpc) is 2.92. The highest BCUT2D eigenvalue weighted by atomic mass is 79.9. The van der Waals surface area contributed by atoms with Crippen LogP contribution in [0.1, 0.15) is 32.3 Å². The highest BCUT2D eigenvalue weighted by Crippen LogP contribution is 2.29. The van der Waals surface area contributed by atoms with Gasteiger partial charge in [0.15, 0.2) is 0 Å². The maximum Gasteiger partial charge on any atom is 0.280 e. The summed E-state index contributed by atoms with van der Waals surface area (Å²) in [5.41, 5.74) is 2.89. The van der Waals surface area contributed by atoms with Crippen LogP contribution in [0.3, 0.4) is 0 Å². The van der Waals surface area contributed by atoms with E-state index in [1.807, 2.05) is 61.5 Å². The van der Waals surface area contributed by atoms with Gasteiger partial charge in [0.2, 0.25) is 0 Å². The van der Waals surface area contributed by atoms with E-state index in [9.17, 15) is 4.79 Å². The van der Waals surface area contributed by atoms with Gasteiger partial charge in [-0.05, 0) is 49.8 Å². The molecule has 0 radical (unpaired) electrons. The zero-order valence-electron chi connectivity index (χ0n) is 14.9. The lowest BCUT2D eigenvalue weighted by atomic mass is 10.1. The standard InChI is InChI=1S/C21H21BrN2O2/c1-3-4-12-26-20-11-10-17(22)13-16(20)14-19-15(2)23-24(21(19)25)18-8-6-5-7-9-18/h5-11,13-14H,3-4,12H2,1-2H3/b19-14-. The monoisotopic (exact) mass is 412 g/mol. The van der Waals surface area contributed by atoms with Gasteiger partial charge < -0.3 is 4.74 Å². The number of hydrazone groups is 1. The summed E-state index contributed by atoms with van der Waals surface area (Å²) < 4.78 is 6.83. The second-order valence-corrected chi connectivity index (χ2v) is 7.00. The third-order valence-electron chi connectivity index (χ3n) is 4.09. The Hall–Kier alpha value is -2.40. The lowest BCUT2D eigenvalue weighted by Gasteiger charge is -2.12. The Bertz CT molecular complexity index is 860. The summed E-state index contributed by atoms with van der Waals surface area (Å²) >= 11 is 3.50. The molecule has 0 saturated carbocycles. The van der Waals surface area contributed by atoms with Crippen LogP contribution in [-0.2, 0) is 4.79 Å². The van der Waals surface area contributed by atoms with E-state index in [1.165, 1.54) is 5.01 Å². The number of carbonyl (C=O) groups is 1. The first-order valence-corrected chi connectivity index (χ1v) is 9.48. The first kappa shape index (κ1) is 18.4. The number of rotatable bonds is 6. The van der Waals surface area contributed by atoms with Gasteiger partial charge in [-0.2, -0.15) is 10.1 Å². The second-order valence-electron chi connectivity index (χ2n) is 6.08. The molecule has 0 saturated heterocycles. The Morgan fingerprint density at radius 3 is 2.69 bits per heavy atom. The highest BCUT2D eigenvalue weighted by molar-refractivity contribution is 9.10. The van der Waals surface area contributed by atoms with Gasteiger partial charge in [0.05, 0.1) is 23.6 Å². The number of nitrogens with zero attached hydrogens (tertiary/aromatic N) is 2. The predicted octanol–water partition coefficient (Wildman–Crippen LogP) is 5.43. The van der Waals surface area contributed by atoms with Gasteiger partial charge in [-0.15, -0.1) is 0 Å². The van der Waals surface area contributed by atoms with E-state index >= 15 is 0 Å². The van der Waals surface area contributed by atoms with E-state index in [4.69, 9.17) is 4.74 Å². The molecule has 1 aliphatic heterocycles. The van der Waals surface area contributed by atoms with Crippen LogP contribution in [0.4, 0.5) is 5.69 Å². The van der Waals surface area contributed by atoms with Crippen molar-refractivity contribution in [1.82, 2.24) is 0 Å². The molecule has 5 heteroatoms. The number of carbonyl (C=O) groups excluding carboxylic acids is 1.